The second kappa shape index (κ2) is 5.24. The van der Waals surface area contributed by atoms with E-state index in [1.807, 2.05) is 0 Å². The average molecular weight is 313 g/mol. The van der Waals surface area contributed by atoms with Gasteiger partial charge >= 0.3 is 0 Å². The van der Waals surface area contributed by atoms with Crippen molar-refractivity contribution in [2.24, 2.45) is 0 Å². The Kier molecular flexibility index (Phi) is 3.59. The van der Waals surface area contributed by atoms with Gasteiger partial charge in [-0.15, -0.1) is 0 Å². The Balaban J connectivity index is 1.82. The molecule has 1 aliphatic rings. The predicted molar refractivity (Wildman–Crippen MR) is 76.6 cm³/mol. The number of epoxide rings is 1. The van der Waals surface area contributed by atoms with E-state index in [9.17, 15) is 4.39 Å². The molecule has 0 aromatic heterocycles. The number of halogens is 3. The van der Waals surface area contributed by atoms with Crippen LogP contribution < -0.4 is 4.74 Å². The van der Waals surface area contributed by atoms with Gasteiger partial charge in [-0.3, -0.25) is 0 Å². The van der Waals surface area contributed by atoms with E-state index >= 15 is 0 Å². The van der Waals surface area contributed by atoms with Crippen LogP contribution in [0.5, 0.6) is 11.5 Å². The first-order valence-electron chi connectivity index (χ1n) is 6.06. The molecule has 20 heavy (non-hydrogen) atoms. The molecule has 2 aromatic rings. The largest absolute Gasteiger partial charge is 0.457 e. The fourth-order valence-electron chi connectivity index (χ4n) is 1.96. The van der Waals surface area contributed by atoms with Crippen molar-refractivity contribution in [1.29, 1.82) is 0 Å². The van der Waals surface area contributed by atoms with Crippen LogP contribution in [0.25, 0.3) is 0 Å². The second-order valence-corrected chi connectivity index (χ2v) is 5.46. The van der Waals surface area contributed by atoms with Crippen molar-refractivity contribution in [3.63, 3.8) is 0 Å². The lowest BCUT2D eigenvalue weighted by Crippen LogP contribution is -2.11. The first kappa shape index (κ1) is 13.7. The lowest BCUT2D eigenvalue weighted by atomic mass is 10.0. The van der Waals surface area contributed by atoms with Crippen LogP contribution in [0.3, 0.4) is 0 Å². The summed E-state index contributed by atoms with van der Waals surface area (Å²) in [6, 6.07) is 12.1. The zero-order chi connectivity index (χ0) is 14.2. The van der Waals surface area contributed by atoms with Crippen LogP contribution in [-0.2, 0) is 10.3 Å². The van der Waals surface area contributed by atoms with E-state index in [-0.39, 0.29) is 0 Å². The van der Waals surface area contributed by atoms with Crippen molar-refractivity contribution in [3.05, 3.63) is 58.1 Å². The summed E-state index contributed by atoms with van der Waals surface area (Å²) in [5.74, 6) is 1.23. The lowest BCUT2D eigenvalue weighted by molar-refractivity contribution is 0.249. The number of hydrogen-bond donors (Lipinski definition) is 0. The molecule has 0 aliphatic carbocycles. The highest BCUT2D eigenvalue weighted by atomic mass is 35.5. The van der Waals surface area contributed by atoms with Crippen LogP contribution in [0.15, 0.2) is 42.5 Å². The molecule has 5 heteroatoms. The molecule has 0 radical (unpaired) electrons. The smallest absolute Gasteiger partial charge is 0.146 e. The predicted octanol–water partition coefficient (Wildman–Crippen LogP) is 4.98. The molecule has 0 N–H and O–H groups in total. The third kappa shape index (κ3) is 2.62. The summed E-state index contributed by atoms with van der Waals surface area (Å²) in [6.07, 6.45) is 0. The first-order chi connectivity index (χ1) is 9.63. The summed E-state index contributed by atoms with van der Waals surface area (Å²) in [5.41, 5.74) is -0.194. The first-order valence-corrected chi connectivity index (χ1v) is 6.82. The van der Waals surface area contributed by atoms with Gasteiger partial charge in [-0.1, -0.05) is 29.3 Å². The molecule has 3 rings (SSSR count). The number of alkyl halides is 1. The molecule has 1 fully saturated rings. The third-order valence-corrected chi connectivity index (χ3v) is 3.75. The van der Waals surface area contributed by atoms with Gasteiger partial charge in [0.25, 0.3) is 0 Å². The van der Waals surface area contributed by atoms with E-state index in [0.717, 1.165) is 0 Å². The van der Waals surface area contributed by atoms with Crippen molar-refractivity contribution < 1.29 is 13.9 Å². The van der Waals surface area contributed by atoms with Gasteiger partial charge in [0.15, 0.2) is 0 Å². The number of ether oxygens (including phenoxy) is 2. The normalized spacial score (nSPS) is 20.8. The molecular formula is C15H11Cl2FO2. The summed E-state index contributed by atoms with van der Waals surface area (Å²) in [5, 5.41) is 1.08. The van der Waals surface area contributed by atoms with Crippen molar-refractivity contribution in [2.45, 2.75) is 5.60 Å². The average Bonchev–Trinajstić information content (AvgIpc) is 3.22. The topological polar surface area (TPSA) is 21.8 Å². The van der Waals surface area contributed by atoms with Crippen LogP contribution in [0, 0.1) is 0 Å². The van der Waals surface area contributed by atoms with Crippen LogP contribution in [0.4, 0.5) is 4.39 Å². The molecule has 0 bridgehead atoms. The van der Waals surface area contributed by atoms with E-state index in [2.05, 4.69) is 0 Å². The van der Waals surface area contributed by atoms with Crippen LogP contribution in [0.1, 0.15) is 5.56 Å². The Labute approximate surface area is 126 Å². The summed E-state index contributed by atoms with van der Waals surface area (Å²) in [7, 11) is 0. The maximum Gasteiger partial charge on any atom is 0.146 e. The highest BCUT2D eigenvalue weighted by Gasteiger charge is 2.48. The Hall–Kier alpha value is -1.29. The van der Waals surface area contributed by atoms with Crippen molar-refractivity contribution in [2.75, 3.05) is 13.3 Å². The van der Waals surface area contributed by atoms with E-state index in [1.54, 1.807) is 42.5 Å². The van der Waals surface area contributed by atoms with Crippen molar-refractivity contribution in [3.8, 4) is 11.5 Å². The third-order valence-electron chi connectivity index (χ3n) is 3.19. The van der Waals surface area contributed by atoms with Gasteiger partial charge < -0.3 is 9.47 Å². The Morgan fingerprint density at radius 2 is 1.75 bits per heavy atom. The van der Waals surface area contributed by atoms with Gasteiger partial charge in [0.1, 0.15) is 23.8 Å². The zero-order valence-electron chi connectivity index (χ0n) is 10.4. The van der Waals surface area contributed by atoms with E-state index in [4.69, 9.17) is 32.7 Å². The molecule has 0 amide bonds. The molecule has 1 heterocycles. The molecule has 1 aliphatic heterocycles. The lowest BCUT2D eigenvalue weighted by Gasteiger charge is -2.12. The van der Waals surface area contributed by atoms with Crippen molar-refractivity contribution in [1.82, 2.24) is 0 Å². The van der Waals surface area contributed by atoms with Crippen LogP contribution in [0.2, 0.25) is 10.0 Å². The van der Waals surface area contributed by atoms with Gasteiger partial charge in [0.2, 0.25) is 0 Å². The molecule has 2 aromatic carbocycles. The number of benzene rings is 2. The minimum absolute atomic E-state index is 0.362. The maximum absolute atomic E-state index is 13.0. The van der Waals surface area contributed by atoms with Gasteiger partial charge in [0, 0.05) is 10.6 Å². The summed E-state index contributed by atoms with van der Waals surface area (Å²) in [6.45, 7) is -0.218. The number of hydrogen-bond acceptors (Lipinski definition) is 2. The summed E-state index contributed by atoms with van der Waals surface area (Å²) < 4.78 is 23.8. The maximum atomic E-state index is 13.0. The Morgan fingerprint density at radius 1 is 1.10 bits per heavy atom. The van der Waals surface area contributed by atoms with E-state index in [0.29, 0.717) is 33.7 Å². The summed E-state index contributed by atoms with van der Waals surface area (Å²) in [4.78, 5) is 0. The SMILES string of the molecule is FCC1(c2ccc(Oc3ccc(Cl)cc3)cc2Cl)CO1. The Morgan fingerprint density at radius 3 is 2.30 bits per heavy atom. The molecule has 1 atom stereocenters. The van der Waals surface area contributed by atoms with Crippen LogP contribution in [-0.4, -0.2) is 13.3 Å². The van der Waals surface area contributed by atoms with Gasteiger partial charge in [-0.2, -0.15) is 0 Å². The molecule has 0 saturated carbocycles. The highest BCUT2D eigenvalue weighted by molar-refractivity contribution is 6.31. The highest BCUT2D eigenvalue weighted by Crippen LogP contribution is 2.43. The minimum atomic E-state index is -0.851. The second-order valence-electron chi connectivity index (χ2n) is 4.61. The van der Waals surface area contributed by atoms with Gasteiger partial charge in [-0.25, -0.2) is 4.39 Å². The van der Waals surface area contributed by atoms with Gasteiger partial charge in [0.05, 0.1) is 11.6 Å². The minimum Gasteiger partial charge on any atom is -0.457 e. The van der Waals surface area contributed by atoms with E-state index < -0.39 is 12.3 Å². The molecule has 1 saturated heterocycles. The fraction of sp³-hybridized carbons (Fsp3) is 0.200. The molecule has 2 nitrogen and oxygen atoms in total. The standard InChI is InChI=1S/C15H11Cl2FO2/c16-10-1-3-11(4-2-10)20-12-5-6-13(14(17)7-12)15(8-18)9-19-15/h1-7H,8-9H2. The van der Waals surface area contributed by atoms with Crippen LogP contribution >= 0.6 is 23.2 Å². The Bertz CT molecular complexity index is 624. The van der Waals surface area contributed by atoms with E-state index in [1.165, 1.54) is 0 Å². The monoisotopic (exact) mass is 312 g/mol. The zero-order valence-corrected chi connectivity index (χ0v) is 11.9. The molecule has 0 spiro atoms. The molecule has 1 unspecified atom stereocenters. The van der Waals surface area contributed by atoms with Gasteiger partial charge in [-0.05, 0) is 36.4 Å². The quantitative estimate of drug-likeness (QED) is 0.743. The summed E-state index contributed by atoms with van der Waals surface area (Å²) >= 11 is 12.0. The van der Waals surface area contributed by atoms with Crippen molar-refractivity contribution >= 4 is 23.2 Å². The molecule has 104 valence electrons. The fourth-order valence-corrected chi connectivity index (χ4v) is 2.43. The number of rotatable bonds is 4. The molecular weight excluding hydrogens is 302 g/mol.